The largest absolute Gasteiger partial charge is 0.389 e. The van der Waals surface area contributed by atoms with Crippen molar-refractivity contribution in [3.63, 3.8) is 0 Å². The molecule has 0 fully saturated rings. The van der Waals surface area contributed by atoms with Gasteiger partial charge in [-0.2, -0.15) is 5.10 Å². The van der Waals surface area contributed by atoms with Crippen LogP contribution in [0.25, 0.3) is 5.57 Å². The third-order valence-corrected chi connectivity index (χ3v) is 3.08. The molecule has 1 heterocycles. The Hall–Kier alpha value is -0.610. The van der Waals surface area contributed by atoms with Gasteiger partial charge in [-0.05, 0) is 41.3 Å². The molecular weight excluding hydrogens is 244 g/mol. The van der Waals surface area contributed by atoms with E-state index >= 15 is 0 Å². The van der Waals surface area contributed by atoms with Crippen LogP contribution in [-0.4, -0.2) is 21.0 Å². The van der Waals surface area contributed by atoms with Gasteiger partial charge in [-0.1, -0.05) is 6.08 Å². The standard InChI is InChI=1S/C10H13BrN2O/c1-2-13-10(9(11)6-12-13)7-3-4-8(14)5-7/h5-6,8,14H,2-4H2,1H3. The lowest BCUT2D eigenvalue weighted by Gasteiger charge is -2.05. The van der Waals surface area contributed by atoms with Gasteiger partial charge in [0.05, 0.1) is 22.5 Å². The van der Waals surface area contributed by atoms with Gasteiger partial charge in [0, 0.05) is 6.54 Å². The Bertz CT molecular complexity index is 370. The van der Waals surface area contributed by atoms with Crippen LogP contribution < -0.4 is 0 Å². The van der Waals surface area contributed by atoms with Gasteiger partial charge in [0.2, 0.25) is 0 Å². The smallest absolute Gasteiger partial charge is 0.0781 e. The summed E-state index contributed by atoms with van der Waals surface area (Å²) in [6.07, 6.45) is 5.22. The maximum Gasteiger partial charge on any atom is 0.0781 e. The van der Waals surface area contributed by atoms with E-state index in [-0.39, 0.29) is 6.10 Å². The number of rotatable bonds is 2. The molecule has 1 aromatic rings. The molecule has 1 N–H and O–H groups in total. The second-order valence-corrected chi connectivity index (χ2v) is 4.31. The van der Waals surface area contributed by atoms with Gasteiger partial charge in [-0.25, -0.2) is 0 Å². The molecule has 0 aliphatic heterocycles. The van der Waals surface area contributed by atoms with Gasteiger partial charge in [-0.15, -0.1) is 0 Å². The van der Waals surface area contributed by atoms with E-state index in [1.54, 1.807) is 0 Å². The summed E-state index contributed by atoms with van der Waals surface area (Å²) in [4.78, 5) is 0. The van der Waals surface area contributed by atoms with E-state index < -0.39 is 0 Å². The Morgan fingerprint density at radius 1 is 1.71 bits per heavy atom. The molecule has 3 nitrogen and oxygen atoms in total. The molecule has 1 unspecified atom stereocenters. The van der Waals surface area contributed by atoms with Crippen LogP contribution in [0.5, 0.6) is 0 Å². The summed E-state index contributed by atoms with van der Waals surface area (Å²) >= 11 is 3.48. The maximum absolute atomic E-state index is 9.43. The Balaban J connectivity index is 2.40. The number of aryl methyl sites for hydroxylation is 1. The SMILES string of the molecule is CCn1ncc(Br)c1C1=CC(O)CC1. The molecule has 0 amide bonds. The van der Waals surface area contributed by atoms with E-state index in [9.17, 15) is 5.11 Å². The summed E-state index contributed by atoms with van der Waals surface area (Å²) < 4.78 is 2.97. The lowest BCUT2D eigenvalue weighted by atomic mass is 10.2. The van der Waals surface area contributed by atoms with Gasteiger partial charge in [0.25, 0.3) is 0 Å². The molecular formula is C10H13BrN2O. The van der Waals surface area contributed by atoms with E-state index in [2.05, 4.69) is 28.0 Å². The van der Waals surface area contributed by atoms with Gasteiger partial charge >= 0.3 is 0 Å². The van der Waals surface area contributed by atoms with Crippen molar-refractivity contribution < 1.29 is 5.11 Å². The predicted molar refractivity (Wildman–Crippen MR) is 58.8 cm³/mol. The normalized spacial score (nSPS) is 21.4. The third kappa shape index (κ3) is 1.64. The highest BCUT2D eigenvalue weighted by Gasteiger charge is 2.19. The lowest BCUT2D eigenvalue weighted by Crippen LogP contribution is -2.01. The first-order valence-electron chi connectivity index (χ1n) is 4.82. The molecule has 0 spiro atoms. The summed E-state index contributed by atoms with van der Waals surface area (Å²) in [6, 6.07) is 0. The van der Waals surface area contributed by atoms with Crippen molar-refractivity contribution in [2.24, 2.45) is 0 Å². The lowest BCUT2D eigenvalue weighted by molar-refractivity contribution is 0.223. The Morgan fingerprint density at radius 3 is 3.07 bits per heavy atom. The summed E-state index contributed by atoms with van der Waals surface area (Å²) in [7, 11) is 0. The second-order valence-electron chi connectivity index (χ2n) is 3.45. The third-order valence-electron chi connectivity index (χ3n) is 2.50. The Kier molecular flexibility index (Phi) is 2.74. The summed E-state index contributed by atoms with van der Waals surface area (Å²) in [5.41, 5.74) is 2.31. The monoisotopic (exact) mass is 256 g/mol. The van der Waals surface area contributed by atoms with Crippen molar-refractivity contribution >= 4 is 21.5 Å². The maximum atomic E-state index is 9.43. The number of aromatic nitrogens is 2. The fraction of sp³-hybridized carbons (Fsp3) is 0.500. The van der Waals surface area contributed by atoms with Crippen LogP contribution in [0.4, 0.5) is 0 Å². The number of halogens is 1. The van der Waals surface area contributed by atoms with Crippen molar-refractivity contribution in [2.45, 2.75) is 32.4 Å². The van der Waals surface area contributed by atoms with Crippen LogP contribution >= 0.6 is 15.9 Å². The topological polar surface area (TPSA) is 38.0 Å². The van der Waals surface area contributed by atoms with Crippen LogP contribution in [0.3, 0.4) is 0 Å². The first-order valence-corrected chi connectivity index (χ1v) is 5.62. The van der Waals surface area contributed by atoms with Crippen LogP contribution in [0.15, 0.2) is 16.7 Å². The first kappa shape index (κ1) is 9.93. The van der Waals surface area contributed by atoms with E-state index in [0.717, 1.165) is 29.6 Å². The van der Waals surface area contributed by atoms with Crippen molar-refractivity contribution in [2.75, 3.05) is 0 Å². The molecule has 0 aromatic carbocycles. The molecule has 2 rings (SSSR count). The van der Waals surface area contributed by atoms with Gasteiger partial charge < -0.3 is 5.11 Å². The molecule has 1 aliphatic carbocycles. The molecule has 0 saturated carbocycles. The molecule has 76 valence electrons. The highest BCUT2D eigenvalue weighted by molar-refractivity contribution is 9.10. The number of hydrogen-bond donors (Lipinski definition) is 1. The highest BCUT2D eigenvalue weighted by Crippen LogP contribution is 2.32. The van der Waals surface area contributed by atoms with Crippen molar-refractivity contribution in [3.05, 3.63) is 22.4 Å². The Labute approximate surface area is 91.6 Å². The summed E-state index contributed by atoms with van der Waals surface area (Å²) in [5, 5.41) is 13.7. The summed E-state index contributed by atoms with van der Waals surface area (Å²) in [6.45, 7) is 2.92. The number of aliphatic hydroxyl groups is 1. The average molecular weight is 257 g/mol. The average Bonchev–Trinajstić information content (AvgIpc) is 2.71. The van der Waals surface area contributed by atoms with Crippen molar-refractivity contribution in [1.29, 1.82) is 0 Å². The van der Waals surface area contributed by atoms with Gasteiger partial charge in [0.1, 0.15) is 0 Å². The number of allylic oxidation sites excluding steroid dienone is 1. The molecule has 4 heteroatoms. The molecule has 0 radical (unpaired) electrons. The second kappa shape index (κ2) is 3.87. The fourth-order valence-corrected chi connectivity index (χ4v) is 2.37. The zero-order chi connectivity index (χ0) is 10.1. The molecule has 14 heavy (non-hydrogen) atoms. The van der Waals surface area contributed by atoms with E-state index in [1.807, 2.05) is 17.0 Å². The quantitative estimate of drug-likeness (QED) is 0.882. The minimum Gasteiger partial charge on any atom is -0.389 e. The zero-order valence-corrected chi connectivity index (χ0v) is 9.66. The first-order chi connectivity index (χ1) is 6.72. The molecule has 1 atom stereocenters. The molecule has 1 aromatic heterocycles. The predicted octanol–water partition coefficient (Wildman–Crippen LogP) is 2.20. The van der Waals surface area contributed by atoms with Crippen molar-refractivity contribution in [1.82, 2.24) is 9.78 Å². The van der Waals surface area contributed by atoms with Crippen LogP contribution in [0.1, 0.15) is 25.5 Å². The van der Waals surface area contributed by atoms with E-state index in [4.69, 9.17) is 0 Å². The number of aliphatic hydroxyl groups excluding tert-OH is 1. The van der Waals surface area contributed by atoms with E-state index in [0.29, 0.717) is 0 Å². The number of hydrogen-bond acceptors (Lipinski definition) is 2. The molecule has 0 bridgehead atoms. The number of nitrogens with zero attached hydrogens (tertiary/aromatic N) is 2. The van der Waals surface area contributed by atoms with Gasteiger partial charge in [-0.3, -0.25) is 4.68 Å². The highest BCUT2D eigenvalue weighted by atomic mass is 79.9. The van der Waals surface area contributed by atoms with E-state index in [1.165, 1.54) is 5.57 Å². The zero-order valence-electron chi connectivity index (χ0n) is 8.07. The van der Waals surface area contributed by atoms with Gasteiger partial charge in [0.15, 0.2) is 0 Å². The Morgan fingerprint density at radius 2 is 2.50 bits per heavy atom. The minimum atomic E-state index is -0.280. The van der Waals surface area contributed by atoms with Crippen LogP contribution in [-0.2, 0) is 6.54 Å². The fourth-order valence-electron chi connectivity index (χ4n) is 1.82. The molecule has 0 saturated heterocycles. The summed E-state index contributed by atoms with van der Waals surface area (Å²) in [5.74, 6) is 0. The molecule has 1 aliphatic rings. The van der Waals surface area contributed by atoms with Crippen LogP contribution in [0.2, 0.25) is 0 Å². The van der Waals surface area contributed by atoms with Crippen molar-refractivity contribution in [3.8, 4) is 0 Å². The van der Waals surface area contributed by atoms with Crippen LogP contribution in [0, 0.1) is 0 Å². The minimum absolute atomic E-state index is 0.280.